The minimum atomic E-state index is -3.09. The number of nitrogens with zero attached hydrogens (tertiary/aromatic N) is 1. The first-order valence-electron chi connectivity index (χ1n) is 6.29. The Morgan fingerprint density at radius 3 is 3.00 bits per heavy atom. The van der Waals surface area contributed by atoms with E-state index in [9.17, 15) is 8.42 Å². The fourth-order valence-corrected chi connectivity index (χ4v) is 4.65. The van der Waals surface area contributed by atoms with Gasteiger partial charge in [-0.15, -0.1) is 0 Å². The molecule has 0 amide bonds. The van der Waals surface area contributed by atoms with Gasteiger partial charge >= 0.3 is 0 Å². The summed E-state index contributed by atoms with van der Waals surface area (Å²) in [4.78, 5) is 4.36. The first kappa shape index (κ1) is 14.4. The van der Waals surface area contributed by atoms with Gasteiger partial charge in [0.15, 0.2) is 9.84 Å². The molecule has 1 unspecified atom stereocenters. The van der Waals surface area contributed by atoms with Crippen molar-refractivity contribution in [2.24, 2.45) is 0 Å². The minimum absolute atomic E-state index is 0.125. The fraction of sp³-hybridized carbons (Fsp3) is 0.462. The van der Waals surface area contributed by atoms with E-state index in [2.05, 4.69) is 26.2 Å². The fourth-order valence-electron chi connectivity index (χ4n) is 3.20. The van der Waals surface area contributed by atoms with Gasteiger partial charge < -0.3 is 5.32 Å². The normalized spacial score (nSPS) is 27.1. The first-order chi connectivity index (χ1) is 9.31. The molecule has 1 aromatic rings. The molecule has 0 bridgehead atoms. The second-order valence-corrected chi connectivity index (χ2v) is 8.69. The summed E-state index contributed by atoms with van der Waals surface area (Å²) < 4.78 is 23.6. The zero-order chi connectivity index (χ0) is 14.5. The van der Waals surface area contributed by atoms with Crippen LogP contribution in [0.1, 0.15) is 24.8 Å². The van der Waals surface area contributed by atoms with Gasteiger partial charge in [0.05, 0.1) is 9.50 Å². The molecule has 0 saturated heterocycles. The molecule has 1 N–H and O–H groups in total. The van der Waals surface area contributed by atoms with E-state index in [0.29, 0.717) is 5.02 Å². The summed E-state index contributed by atoms with van der Waals surface area (Å²) >= 11 is 9.83. The number of hydrogen-bond donors (Lipinski definition) is 1. The number of sulfone groups is 1. The monoisotopic (exact) mass is 376 g/mol. The van der Waals surface area contributed by atoms with Crippen LogP contribution in [0.4, 0.5) is 5.82 Å². The van der Waals surface area contributed by atoms with Crippen LogP contribution in [0.25, 0.3) is 0 Å². The Labute approximate surface area is 131 Å². The molecule has 1 aromatic heterocycles. The zero-order valence-electron chi connectivity index (χ0n) is 10.9. The van der Waals surface area contributed by atoms with E-state index in [0.717, 1.165) is 47.2 Å². The van der Waals surface area contributed by atoms with Gasteiger partial charge in [-0.3, -0.25) is 0 Å². The van der Waals surface area contributed by atoms with Crippen molar-refractivity contribution >= 4 is 43.2 Å². The highest BCUT2D eigenvalue weighted by atomic mass is 79.9. The van der Waals surface area contributed by atoms with Gasteiger partial charge in [0, 0.05) is 35.4 Å². The molecule has 1 aliphatic heterocycles. The lowest BCUT2D eigenvalue weighted by Crippen LogP contribution is -2.24. The average Bonchev–Trinajstić information content (AvgIpc) is 2.88. The predicted octanol–water partition coefficient (Wildman–Crippen LogP) is 3.27. The van der Waals surface area contributed by atoms with Crippen LogP contribution in [-0.2, 0) is 15.3 Å². The number of aromatic nitrogens is 1. The molecular formula is C13H14BrClN2O2S. The van der Waals surface area contributed by atoms with Crippen LogP contribution in [0.15, 0.2) is 21.7 Å². The largest absolute Gasteiger partial charge is 0.369 e. The molecule has 0 radical (unpaired) electrons. The van der Waals surface area contributed by atoms with Crippen molar-refractivity contribution in [3.63, 3.8) is 0 Å². The lowest BCUT2D eigenvalue weighted by atomic mass is 9.81. The summed E-state index contributed by atoms with van der Waals surface area (Å²) in [5.41, 5.74) is 1.86. The van der Waals surface area contributed by atoms with Crippen LogP contribution in [0.5, 0.6) is 0 Å². The molecular weight excluding hydrogens is 364 g/mol. The van der Waals surface area contributed by atoms with Crippen molar-refractivity contribution in [3.8, 4) is 0 Å². The molecule has 1 spiro atoms. The lowest BCUT2D eigenvalue weighted by molar-refractivity contribution is 0.496. The summed E-state index contributed by atoms with van der Waals surface area (Å²) in [7, 11) is -3.09. The number of fused-ring (bicyclic) bond motifs is 2. The summed E-state index contributed by atoms with van der Waals surface area (Å²) in [5, 5.41) is 5.37. The van der Waals surface area contributed by atoms with Crippen molar-refractivity contribution in [2.75, 3.05) is 18.1 Å². The quantitative estimate of drug-likeness (QED) is 0.816. The van der Waals surface area contributed by atoms with Gasteiger partial charge in [-0.25, -0.2) is 13.4 Å². The second-order valence-electron chi connectivity index (χ2n) is 5.56. The minimum Gasteiger partial charge on any atom is -0.369 e. The molecule has 108 valence electrons. The van der Waals surface area contributed by atoms with E-state index in [1.165, 1.54) is 11.7 Å². The van der Waals surface area contributed by atoms with Crippen molar-refractivity contribution in [1.29, 1.82) is 0 Å². The van der Waals surface area contributed by atoms with Crippen LogP contribution in [0.3, 0.4) is 0 Å². The summed E-state index contributed by atoms with van der Waals surface area (Å²) in [5.74, 6) is 0.818. The Hall–Kier alpha value is -0.590. The molecule has 2 heterocycles. The van der Waals surface area contributed by atoms with Crippen molar-refractivity contribution in [3.05, 3.63) is 32.2 Å². The maximum absolute atomic E-state index is 11.4. The number of nitrogens with one attached hydrogen (secondary N) is 1. The second kappa shape index (κ2) is 4.71. The Morgan fingerprint density at radius 1 is 1.55 bits per heavy atom. The standard InChI is InChI=1S/C13H14BrClN2O2S/c1-20(18,19)6-8-2-3-13(4-8)7-17-12-10(13)11(15)9(14)5-16-12/h5-6H,2-4,7H2,1H3,(H,16,17)/b8-6+. The number of pyridine rings is 1. The van der Waals surface area contributed by atoms with E-state index >= 15 is 0 Å². The van der Waals surface area contributed by atoms with Crippen molar-refractivity contribution in [2.45, 2.75) is 24.7 Å². The Kier molecular flexibility index (Phi) is 3.38. The highest BCUT2D eigenvalue weighted by molar-refractivity contribution is 9.10. The third-order valence-corrected chi connectivity index (χ3v) is 5.95. The Morgan fingerprint density at radius 2 is 2.30 bits per heavy atom. The third-order valence-electron chi connectivity index (χ3n) is 3.97. The molecule has 7 heteroatoms. The van der Waals surface area contributed by atoms with Gasteiger partial charge in [0.1, 0.15) is 5.82 Å². The van der Waals surface area contributed by atoms with E-state index in [1.807, 2.05) is 0 Å². The van der Waals surface area contributed by atoms with Crippen LogP contribution in [-0.4, -0.2) is 26.2 Å². The smallest absolute Gasteiger partial charge is 0.168 e. The van der Waals surface area contributed by atoms with E-state index < -0.39 is 9.84 Å². The number of anilines is 1. The average molecular weight is 378 g/mol. The maximum atomic E-state index is 11.4. The lowest BCUT2D eigenvalue weighted by Gasteiger charge is -2.23. The van der Waals surface area contributed by atoms with Gasteiger partial charge in [-0.05, 0) is 35.2 Å². The van der Waals surface area contributed by atoms with Crippen molar-refractivity contribution < 1.29 is 8.42 Å². The topological polar surface area (TPSA) is 59.1 Å². The summed E-state index contributed by atoms with van der Waals surface area (Å²) in [6.45, 7) is 0.757. The maximum Gasteiger partial charge on any atom is 0.168 e. The highest BCUT2D eigenvalue weighted by Crippen LogP contribution is 2.52. The van der Waals surface area contributed by atoms with Crippen LogP contribution >= 0.6 is 27.5 Å². The summed E-state index contributed by atoms with van der Waals surface area (Å²) in [6.07, 6.45) is 5.33. The third kappa shape index (κ3) is 2.38. The van der Waals surface area contributed by atoms with Crippen molar-refractivity contribution in [1.82, 2.24) is 4.98 Å². The molecule has 1 aliphatic carbocycles. The number of allylic oxidation sites excluding steroid dienone is 1. The molecule has 1 fully saturated rings. The number of halogens is 2. The Bertz CT molecular complexity index is 717. The molecule has 20 heavy (non-hydrogen) atoms. The van der Waals surface area contributed by atoms with Crippen LogP contribution < -0.4 is 5.32 Å². The van der Waals surface area contributed by atoms with Gasteiger partial charge in [-0.2, -0.15) is 0 Å². The van der Waals surface area contributed by atoms with Gasteiger partial charge in [0.2, 0.25) is 0 Å². The van der Waals surface area contributed by atoms with Gasteiger partial charge in [-0.1, -0.05) is 17.2 Å². The summed E-state index contributed by atoms with van der Waals surface area (Å²) in [6, 6.07) is 0. The van der Waals surface area contributed by atoms with Gasteiger partial charge in [0.25, 0.3) is 0 Å². The molecule has 2 aliphatic rings. The zero-order valence-corrected chi connectivity index (χ0v) is 14.1. The number of hydrogen-bond acceptors (Lipinski definition) is 4. The van der Waals surface area contributed by atoms with Crippen LogP contribution in [0, 0.1) is 0 Å². The highest BCUT2D eigenvalue weighted by Gasteiger charge is 2.45. The molecule has 1 atom stereocenters. The molecule has 4 nitrogen and oxygen atoms in total. The molecule has 1 saturated carbocycles. The van der Waals surface area contributed by atoms with E-state index in [4.69, 9.17) is 11.6 Å². The Balaban J connectivity index is 2.04. The van der Waals surface area contributed by atoms with E-state index in [-0.39, 0.29) is 5.41 Å². The number of rotatable bonds is 1. The molecule has 3 rings (SSSR count). The first-order valence-corrected chi connectivity index (χ1v) is 9.41. The van der Waals surface area contributed by atoms with E-state index in [1.54, 1.807) is 6.20 Å². The SMILES string of the molecule is CS(=O)(=O)/C=C1\CCC2(CNc3ncc(Br)c(Cl)c32)C1. The predicted molar refractivity (Wildman–Crippen MR) is 83.9 cm³/mol. The van der Waals surface area contributed by atoms with Crippen LogP contribution in [0.2, 0.25) is 5.02 Å². The molecule has 0 aromatic carbocycles.